The van der Waals surface area contributed by atoms with Crippen molar-refractivity contribution in [2.24, 2.45) is 7.05 Å². The molecule has 0 unspecified atom stereocenters. The molecule has 0 bridgehead atoms. The summed E-state index contributed by atoms with van der Waals surface area (Å²) in [6, 6.07) is 11.2. The van der Waals surface area contributed by atoms with Crippen LogP contribution in [0.25, 0.3) is 17.2 Å². The molecule has 0 fully saturated rings. The van der Waals surface area contributed by atoms with E-state index in [4.69, 9.17) is 16.1 Å². The highest BCUT2D eigenvalue weighted by Crippen LogP contribution is 2.29. The fourth-order valence-corrected chi connectivity index (χ4v) is 4.40. The Balaban J connectivity index is 1.53. The molecule has 3 aromatic heterocycles. The van der Waals surface area contributed by atoms with E-state index in [0.717, 1.165) is 22.7 Å². The number of nitrogens with zero attached hydrogens (tertiary/aromatic N) is 5. The summed E-state index contributed by atoms with van der Waals surface area (Å²) in [5, 5.41) is 13.8. The molecular formula is C21H20ClN5O2S. The Morgan fingerprint density at radius 2 is 1.93 bits per heavy atom. The van der Waals surface area contributed by atoms with Gasteiger partial charge in [0.25, 0.3) is 0 Å². The summed E-state index contributed by atoms with van der Waals surface area (Å²) in [5.41, 5.74) is 3.22. The molecule has 7 nitrogen and oxygen atoms in total. The van der Waals surface area contributed by atoms with E-state index >= 15 is 0 Å². The fraction of sp³-hybridized carbons (Fsp3) is 0.238. The summed E-state index contributed by atoms with van der Waals surface area (Å²) in [7, 11) is 1.87. The lowest BCUT2D eigenvalue weighted by Crippen LogP contribution is -2.06. The van der Waals surface area contributed by atoms with Gasteiger partial charge in [-0.2, -0.15) is 0 Å². The van der Waals surface area contributed by atoms with Crippen LogP contribution in [0.2, 0.25) is 5.02 Å². The van der Waals surface area contributed by atoms with Gasteiger partial charge in [0.1, 0.15) is 5.76 Å². The SMILES string of the molecule is Cc1cc(-n2c(C)cc(C(=O)CSc3nnc(-c4ccccc4Cl)n3C)c2C)no1. The lowest BCUT2D eigenvalue weighted by Gasteiger charge is -2.06. The van der Waals surface area contributed by atoms with E-state index in [2.05, 4.69) is 15.4 Å². The van der Waals surface area contributed by atoms with Gasteiger partial charge in [-0.1, -0.05) is 40.7 Å². The van der Waals surface area contributed by atoms with E-state index in [1.54, 1.807) is 0 Å². The van der Waals surface area contributed by atoms with Gasteiger partial charge in [-0.05, 0) is 39.0 Å². The second-order valence-corrected chi connectivity index (χ2v) is 8.32. The molecule has 154 valence electrons. The molecule has 9 heteroatoms. The van der Waals surface area contributed by atoms with Crippen molar-refractivity contribution >= 4 is 29.1 Å². The highest BCUT2D eigenvalue weighted by molar-refractivity contribution is 7.99. The fourth-order valence-electron chi connectivity index (χ4n) is 3.38. The maximum absolute atomic E-state index is 12.9. The first-order valence-corrected chi connectivity index (χ1v) is 10.7. The number of rotatable bonds is 6. The van der Waals surface area contributed by atoms with Gasteiger partial charge in [0.15, 0.2) is 22.6 Å². The molecule has 0 saturated carbocycles. The molecule has 0 aliphatic heterocycles. The van der Waals surface area contributed by atoms with Crippen LogP contribution in [0.4, 0.5) is 0 Å². The van der Waals surface area contributed by atoms with Crippen LogP contribution in [0.1, 0.15) is 27.5 Å². The monoisotopic (exact) mass is 441 g/mol. The summed E-state index contributed by atoms with van der Waals surface area (Å²) in [6.45, 7) is 5.69. The van der Waals surface area contributed by atoms with Crippen LogP contribution >= 0.6 is 23.4 Å². The number of carbonyl (C=O) groups is 1. The second kappa shape index (κ2) is 8.12. The van der Waals surface area contributed by atoms with Crippen LogP contribution in [0, 0.1) is 20.8 Å². The van der Waals surface area contributed by atoms with Gasteiger partial charge in [-0.25, -0.2) is 0 Å². The summed E-state index contributed by atoms with van der Waals surface area (Å²) in [6.07, 6.45) is 0. The Labute approximate surface area is 183 Å². The van der Waals surface area contributed by atoms with Gasteiger partial charge in [0.05, 0.1) is 10.8 Å². The number of thioether (sulfide) groups is 1. The van der Waals surface area contributed by atoms with Crippen LogP contribution in [0.15, 0.2) is 46.1 Å². The van der Waals surface area contributed by atoms with Crippen molar-refractivity contribution in [1.29, 1.82) is 0 Å². The molecule has 0 saturated heterocycles. The third-order valence-corrected chi connectivity index (χ3v) is 6.21. The Morgan fingerprint density at radius 3 is 2.63 bits per heavy atom. The van der Waals surface area contributed by atoms with E-state index < -0.39 is 0 Å². The predicted molar refractivity (Wildman–Crippen MR) is 117 cm³/mol. The summed E-state index contributed by atoms with van der Waals surface area (Å²) in [4.78, 5) is 12.9. The number of aryl methyl sites for hydroxylation is 2. The molecule has 0 radical (unpaired) electrons. The van der Waals surface area contributed by atoms with Gasteiger partial charge in [-0.3, -0.25) is 9.36 Å². The van der Waals surface area contributed by atoms with Crippen molar-refractivity contribution < 1.29 is 9.32 Å². The standard InChI is InChI=1S/C21H20ClN5O2S/c1-12-9-16(14(3)27(12)19-10-13(2)29-25-19)18(28)11-30-21-24-23-20(26(21)4)15-7-5-6-8-17(15)22/h5-10H,11H2,1-4H3. The first-order chi connectivity index (χ1) is 14.4. The zero-order chi connectivity index (χ0) is 21.4. The highest BCUT2D eigenvalue weighted by atomic mass is 35.5. The van der Waals surface area contributed by atoms with E-state index in [0.29, 0.717) is 27.4 Å². The molecule has 0 atom stereocenters. The number of ketones is 1. The molecule has 0 aliphatic carbocycles. The zero-order valence-electron chi connectivity index (χ0n) is 17.0. The van der Waals surface area contributed by atoms with Crippen LogP contribution < -0.4 is 0 Å². The van der Waals surface area contributed by atoms with E-state index in [1.807, 2.05) is 73.4 Å². The molecule has 0 N–H and O–H groups in total. The normalized spacial score (nSPS) is 11.2. The van der Waals surface area contributed by atoms with Crippen LogP contribution in [-0.4, -0.2) is 36.0 Å². The summed E-state index contributed by atoms with van der Waals surface area (Å²) >= 11 is 7.63. The smallest absolute Gasteiger partial charge is 0.191 e. The minimum atomic E-state index is 0.0156. The lowest BCUT2D eigenvalue weighted by molar-refractivity contribution is 0.102. The first kappa shape index (κ1) is 20.4. The topological polar surface area (TPSA) is 78.7 Å². The van der Waals surface area contributed by atoms with Gasteiger partial charge < -0.3 is 9.09 Å². The third kappa shape index (κ3) is 3.68. The lowest BCUT2D eigenvalue weighted by atomic mass is 10.2. The predicted octanol–water partition coefficient (Wildman–Crippen LogP) is 4.81. The van der Waals surface area contributed by atoms with Crippen molar-refractivity contribution in [2.75, 3.05) is 5.75 Å². The third-order valence-electron chi connectivity index (χ3n) is 4.86. The van der Waals surface area contributed by atoms with E-state index in [9.17, 15) is 4.79 Å². The molecule has 0 amide bonds. The number of carbonyl (C=O) groups excluding carboxylic acids is 1. The van der Waals surface area contributed by atoms with Crippen molar-refractivity contribution in [3.63, 3.8) is 0 Å². The van der Waals surface area contributed by atoms with Gasteiger partial charge >= 0.3 is 0 Å². The van der Waals surface area contributed by atoms with Crippen molar-refractivity contribution in [2.45, 2.75) is 25.9 Å². The molecule has 4 rings (SSSR count). The molecule has 0 aliphatic rings. The van der Waals surface area contributed by atoms with Crippen LogP contribution in [0.3, 0.4) is 0 Å². The number of aromatic nitrogens is 5. The van der Waals surface area contributed by atoms with Crippen molar-refractivity contribution in [3.8, 4) is 17.2 Å². The first-order valence-electron chi connectivity index (χ1n) is 9.29. The van der Waals surface area contributed by atoms with E-state index in [1.165, 1.54) is 11.8 Å². The van der Waals surface area contributed by atoms with Gasteiger partial charge in [-0.15, -0.1) is 10.2 Å². The summed E-state index contributed by atoms with van der Waals surface area (Å²) in [5.74, 6) is 2.32. The maximum Gasteiger partial charge on any atom is 0.191 e. The Kier molecular flexibility index (Phi) is 5.53. The second-order valence-electron chi connectivity index (χ2n) is 6.97. The molecule has 1 aromatic carbocycles. The average molecular weight is 442 g/mol. The van der Waals surface area contributed by atoms with Gasteiger partial charge in [0, 0.05) is 35.6 Å². The quantitative estimate of drug-likeness (QED) is 0.315. The number of halogens is 1. The Hall–Kier alpha value is -2.84. The number of hydrogen-bond donors (Lipinski definition) is 0. The zero-order valence-corrected chi connectivity index (χ0v) is 18.6. The minimum absolute atomic E-state index is 0.0156. The van der Waals surface area contributed by atoms with Crippen LogP contribution in [-0.2, 0) is 7.05 Å². The average Bonchev–Trinajstić information content (AvgIpc) is 3.38. The number of Topliss-reactive ketones (excluding diaryl/α,β-unsaturated/α-hetero) is 1. The number of hydrogen-bond acceptors (Lipinski definition) is 6. The van der Waals surface area contributed by atoms with Crippen LogP contribution in [0.5, 0.6) is 0 Å². The minimum Gasteiger partial charge on any atom is -0.360 e. The number of benzene rings is 1. The van der Waals surface area contributed by atoms with E-state index in [-0.39, 0.29) is 11.5 Å². The van der Waals surface area contributed by atoms with Crippen molar-refractivity contribution in [1.82, 2.24) is 24.5 Å². The molecule has 3 heterocycles. The largest absolute Gasteiger partial charge is 0.360 e. The Bertz CT molecular complexity index is 1240. The highest BCUT2D eigenvalue weighted by Gasteiger charge is 2.20. The Morgan fingerprint density at radius 1 is 1.17 bits per heavy atom. The molecule has 4 aromatic rings. The molecular weight excluding hydrogens is 422 g/mol. The summed E-state index contributed by atoms with van der Waals surface area (Å²) < 4.78 is 8.95. The maximum atomic E-state index is 12.9. The molecule has 30 heavy (non-hydrogen) atoms. The van der Waals surface area contributed by atoms with Crippen molar-refractivity contribution in [3.05, 3.63) is 64.1 Å². The van der Waals surface area contributed by atoms with Gasteiger partial charge in [0.2, 0.25) is 0 Å². The molecule has 0 spiro atoms.